The predicted molar refractivity (Wildman–Crippen MR) is 98.0 cm³/mol. The van der Waals surface area contributed by atoms with E-state index in [2.05, 4.69) is 71.0 Å². The van der Waals surface area contributed by atoms with Gasteiger partial charge in [0.15, 0.2) is 0 Å². The van der Waals surface area contributed by atoms with E-state index in [1.807, 2.05) is 0 Å². The van der Waals surface area contributed by atoms with Gasteiger partial charge in [-0.25, -0.2) is 0 Å². The standard InChI is InChI=1S/C11H30NSi3.2ClH.Ga/c1-12(2)15(9,10)11(13(3,4)5)14(6,7)8;;;/h1-10H3;2*1H;/q;;;+2/p-2. The third-order valence-corrected chi connectivity index (χ3v) is 56.7. The Kier molecular flexibility index (Phi) is 6.51. The Morgan fingerprint density at radius 2 is 1.06 bits per heavy atom. The van der Waals surface area contributed by atoms with E-state index in [-0.39, 0.29) is 0 Å². The van der Waals surface area contributed by atoms with Crippen molar-refractivity contribution in [2.75, 3.05) is 14.1 Å². The van der Waals surface area contributed by atoms with Crippen molar-refractivity contribution in [1.29, 1.82) is 0 Å². The zero-order valence-electron chi connectivity index (χ0n) is 13.8. The molecule has 18 heavy (non-hydrogen) atoms. The Bertz CT molecular complexity index is 282. The van der Waals surface area contributed by atoms with Crippen LogP contribution >= 0.6 is 19.3 Å². The topological polar surface area (TPSA) is 3.24 Å². The second-order valence-electron chi connectivity index (χ2n) is 8.06. The fourth-order valence-electron chi connectivity index (χ4n) is 4.23. The van der Waals surface area contributed by atoms with Gasteiger partial charge in [-0.15, -0.1) is 0 Å². The van der Waals surface area contributed by atoms with Crippen LogP contribution in [0.5, 0.6) is 0 Å². The van der Waals surface area contributed by atoms with Gasteiger partial charge in [-0.05, 0) is 0 Å². The normalized spacial score (nSPS) is 15.2. The molecule has 0 aliphatic carbocycles. The van der Waals surface area contributed by atoms with Gasteiger partial charge in [-0.2, -0.15) is 0 Å². The van der Waals surface area contributed by atoms with E-state index in [1.54, 1.807) is 0 Å². The summed E-state index contributed by atoms with van der Waals surface area (Å²) in [7, 11) is 13.6. The maximum absolute atomic E-state index is 6.83. The van der Waals surface area contributed by atoms with Crippen molar-refractivity contribution in [2.45, 2.75) is 55.2 Å². The van der Waals surface area contributed by atoms with Crippen LogP contribution in [0.15, 0.2) is 0 Å². The van der Waals surface area contributed by atoms with Crippen molar-refractivity contribution >= 4 is 57.9 Å². The molecule has 0 aromatic rings. The average molecular weight is 401 g/mol. The van der Waals surface area contributed by atoms with Gasteiger partial charge in [0, 0.05) is 0 Å². The molecule has 0 bridgehead atoms. The molecule has 0 unspecified atom stereocenters. The minimum absolute atomic E-state index is 0.354. The molecule has 0 aliphatic rings. The Morgan fingerprint density at radius 3 is 1.11 bits per heavy atom. The average Bonchev–Trinajstić information content (AvgIpc) is 1.95. The molecule has 0 aliphatic heterocycles. The molecule has 0 aromatic heterocycles. The van der Waals surface area contributed by atoms with Gasteiger partial charge >= 0.3 is 132 Å². The zero-order valence-corrected chi connectivity index (χ0v) is 20.7. The first-order chi connectivity index (χ1) is 7.64. The van der Waals surface area contributed by atoms with E-state index in [1.165, 1.54) is 0 Å². The summed E-state index contributed by atoms with van der Waals surface area (Å²) in [6.45, 7) is 19.9. The molecule has 0 spiro atoms. The van der Waals surface area contributed by atoms with E-state index in [0.29, 0.717) is 2.84 Å². The molecule has 0 amide bonds. The van der Waals surface area contributed by atoms with E-state index in [9.17, 15) is 0 Å². The van der Waals surface area contributed by atoms with Gasteiger partial charge in [0.1, 0.15) is 0 Å². The van der Waals surface area contributed by atoms with E-state index >= 15 is 0 Å². The summed E-state index contributed by atoms with van der Waals surface area (Å²) >= 11 is -2.29. The van der Waals surface area contributed by atoms with E-state index in [4.69, 9.17) is 19.3 Å². The SMILES string of the molecule is CN(C)[Si](C)(C)[C]([Ga]([Cl])[Cl])([Si](C)(C)C)[Si](C)(C)C. The molecular weight excluding hydrogens is 371 g/mol. The minimum atomic E-state index is -2.29. The van der Waals surface area contributed by atoms with Gasteiger partial charge in [0.05, 0.1) is 0 Å². The van der Waals surface area contributed by atoms with Crippen molar-refractivity contribution in [2.24, 2.45) is 0 Å². The van der Waals surface area contributed by atoms with Crippen molar-refractivity contribution in [3.05, 3.63) is 0 Å². The number of halogens is 2. The van der Waals surface area contributed by atoms with Crippen molar-refractivity contribution in [3.63, 3.8) is 0 Å². The third-order valence-electron chi connectivity index (χ3n) is 4.78. The molecular formula is C11H30Cl2GaNSi3. The Morgan fingerprint density at radius 1 is 0.778 bits per heavy atom. The van der Waals surface area contributed by atoms with Gasteiger partial charge in [-0.1, -0.05) is 0 Å². The van der Waals surface area contributed by atoms with Crippen LogP contribution in [0, 0.1) is 0 Å². The van der Waals surface area contributed by atoms with Crippen LogP contribution in [0.3, 0.4) is 0 Å². The molecule has 1 nitrogen and oxygen atoms in total. The number of hydrogen-bond acceptors (Lipinski definition) is 1. The molecule has 0 N–H and O–H groups in total. The quantitative estimate of drug-likeness (QED) is 0.601. The number of hydrogen-bond donors (Lipinski definition) is 0. The summed E-state index contributed by atoms with van der Waals surface area (Å²) in [5.41, 5.74) is 0. The van der Waals surface area contributed by atoms with Crippen molar-refractivity contribution in [1.82, 2.24) is 4.57 Å². The Hall–Kier alpha value is 1.83. The molecule has 0 atom stereocenters. The molecule has 7 heteroatoms. The summed E-state index contributed by atoms with van der Waals surface area (Å²) in [4.78, 5) is 0. The Labute approximate surface area is 131 Å². The second-order valence-corrected chi connectivity index (χ2v) is 37.3. The molecule has 0 radical (unpaired) electrons. The second kappa shape index (κ2) is 5.91. The van der Waals surface area contributed by atoms with Crippen LogP contribution in [-0.4, -0.2) is 57.3 Å². The van der Waals surface area contributed by atoms with Gasteiger partial charge in [-0.3, -0.25) is 0 Å². The Balaban J connectivity index is 6.33. The summed E-state index contributed by atoms with van der Waals surface area (Å²) in [5.74, 6) is 0. The molecule has 108 valence electrons. The van der Waals surface area contributed by atoms with Gasteiger partial charge < -0.3 is 0 Å². The molecule has 0 saturated carbocycles. The summed E-state index contributed by atoms with van der Waals surface area (Å²) in [6, 6.07) is 0. The first-order valence-corrected chi connectivity index (χ1v) is 24.1. The monoisotopic (exact) mass is 399 g/mol. The first-order valence-electron chi connectivity index (χ1n) is 6.59. The summed E-state index contributed by atoms with van der Waals surface area (Å²) in [5, 5.41) is 0. The van der Waals surface area contributed by atoms with Crippen LogP contribution in [0.2, 0.25) is 55.2 Å². The number of nitrogens with zero attached hydrogens (tertiary/aromatic N) is 1. The van der Waals surface area contributed by atoms with Crippen molar-refractivity contribution < 1.29 is 0 Å². The van der Waals surface area contributed by atoms with Crippen LogP contribution in [0.1, 0.15) is 0 Å². The molecule has 0 aromatic carbocycles. The molecule has 0 saturated heterocycles. The first kappa shape index (κ1) is 19.8. The zero-order chi connectivity index (χ0) is 15.2. The van der Waals surface area contributed by atoms with Crippen molar-refractivity contribution in [3.8, 4) is 0 Å². The van der Waals surface area contributed by atoms with Gasteiger partial charge in [0.25, 0.3) is 0 Å². The predicted octanol–water partition coefficient (Wildman–Crippen LogP) is 4.75. The van der Waals surface area contributed by atoms with E-state index < -0.39 is 38.6 Å². The van der Waals surface area contributed by atoms with Crippen LogP contribution in [0.25, 0.3) is 0 Å². The summed E-state index contributed by atoms with van der Waals surface area (Å²) in [6.07, 6.45) is 0. The molecule has 0 fully saturated rings. The number of rotatable bonds is 5. The fraction of sp³-hybridized carbons (Fsp3) is 1.00. The fourth-order valence-corrected chi connectivity index (χ4v) is 73.8. The molecule has 0 rings (SSSR count). The summed E-state index contributed by atoms with van der Waals surface area (Å²) < 4.78 is 2.85. The molecule has 0 heterocycles. The third kappa shape index (κ3) is 3.03. The van der Waals surface area contributed by atoms with Crippen LogP contribution in [-0.2, 0) is 0 Å². The van der Waals surface area contributed by atoms with Crippen LogP contribution in [0.4, 0.5) is 0 Å². The maximum atomic E-state index is 6.83. The van der Waals surface area contributed by atoms with Crippen LogP contribution < -0.4 is 0 Å². The van der Waals surface area contributed by atoms with Gasteiger partial charge in [0.2, 0.25) is 0 Å². The van der Waals surface area contributed by atoms with E-state index in [0.717, 1.165) is 0 Å².